The normalized spacial score (nSPS) is 29.2. The summed E-state index contributed by atoms with van der Waals surface area (Å²) in [6.07, 6.45) is 2.49. The van der Waals surface area contributed by atoms with Gasteiger partial charge in [0.1, 0.15) is 11.3 Å². The third kappa shape index (κ3) is 4.19. The minimum absolute atomic E-state index is 0.425. The van der Waals surface area contributed by atoms with Crippen molar-refractivity contribution in [1.82, 2.24) is 4.90 Å². The smallest absolute Gasteiger partial charge is 0.444 e. The Morgan fingerprint density at radius 2 is 1.68 bits per heavy atom. The highest BCUT2D eigenvalue weighted by atomic mass is 19.1. The lowest BCUT2D eigenvalue weighted by molar-refractivity contribution is 0.00578. The predicted octanol–water partition coefficient (Wildman–Crippen LogP) is 4.26. The molecule has 1 unspecified atom stereocenters. The second kappa shape index (κ2) is 6.27. The van der Waals surface area contributed by atoms with Crippen LogP contribution < -0.4 is 0 Å². The summed E-state index contributed by atoms with van der Waals surface area (Å²) in [5.41, 5.74) is -3.06. The zero-order chi connectivity index (χ0) is 19.3. The van der Waals surface area contributed by atoms with Gasteiger partial charge in [-0.25, -0.2) is 9.18 Å². The number of likely N-dealkylation sites (tertiary alicyclic amines) is 1. The molecule has 1 amide bonds. The maximum atomic E-state index is 14.9. The van der Waals surface area contributed by atoms with Crippen LogP contribution in [0.5, 0.6) is 0 Å². The number of rotatable bonds is 2. The van der Waals surface area contributed by atoms with E-state index in [-0.39, 0.29) is 0 Å². The Kier molecular flexibility index (Phi) is 5.08. The molecule has 2 fully saturated rings. The van der Waals surface area contributed by atoms with Gasteiger partial charge in [0.25, 0.3) is 0 Å². The fraction of sp³-hybridized carbons (Fsp3) is 0.833. The Morgan fingerprint density at radius 3 is 2.16 bits per heavy atom. The van der Waals surface area contributed by atoms with Crippen LogP contribution in [0.4, 0.5) is 9.18 Å². The van der Waals surface area contributed by atoms with Crippen LogP contribution >= 0.6 is 0 Å². The SMILES string of the molecule is CC(C)(C)OC(=O)N1CCCC1(C)C=C(F)B1OC(C)(C)C(C)(C)O1. The number of hydrogen-bond donors (Lipinski definition) is 0. The highest BCUT2D eigenvalue weighted by Gasteiger charge is 2.54. The van der Waals surface area contributed by atoms with E-state index in [1.807, 2.05) is 55.4 Å². The highest BCUT2D eigenvalue weighted by molar-refractivity contribution is 6.53. The lowest BCUT2D eigenvalue weighted by atomic mass is 9.83. The molecule has 0 bridgehead atoms. The summed E-state index contributed by atoms with van der Waals surface area (Å²) in [4.78, 5) is 14.1. The predicted molar refractivity (Wildman–Crippen MR) is 95.9 cm³/mol. The van der Waals surface area contributed by atoms with Crippen LogP contribution in [0, 0.1) is 0 Å². The number of hydrogen-bond acceptors (Lipinski definition) is 4. The first-order valence-corrected chi connectivity index (χ1v) is 8.91. The van der Waals surface area contributed by atoms with Crippen molar-refractivity contribution in [2.24, 2.45) is 0 Å². The molecular weight excluding hydrogens is 324 g/mol. The summed E-state index contributed by atoms with van der Waals surface area (Å²) >= 11 is 0. The van der Waals surface area contributed by atoms with Crippen molar-refractivity contribution in [1.29, 1.82) is 0 Å². The van der Waals surface area contributed by atoms with E-state index in [4.69, 9.17) is 14.0 Å². The van der Waals surface area contributed by atoms with Gasteiger partial charge in [0.15, 0.2) is 0 Å². The van der Waals surface area contributed by atoms with Gasteiger partial charge in [-0.1, -0.05) is 0 Å². The summed E-state index contributed by atoms with van der Waals surface area (Å²) < 4.78 is 31.9. The van der Waals surface area contributed by atoms with Crippen LogP contribution in [0.15, 0.2) is 11.8 Å². The van der Waals surface area contributed by atoms with Gasteiger partial charge in [0.05, 0.1) is 16.7 Å². The van der Waals surface area contributed by atoms with E-state index in [0.717, 1.165) is 6.42 Å². The van der Waals surface area contributed by atoms with E-state index in [0.29, 0.717) is 13.0 Å². The quantitative estimate of drug-likeness (QED) is 0.695. The number of amides is 1. The molecule has 2 aliphatic rings. The van der Waals surface area contributed by atoms with Crippen LogP contribution in [-0.2, 0) is 14.0 Å². The molecule has 2 rings (SSSR count). The Bertz CT molecular complexity index is 554. The molecule has 0 radical (unpaired) electrons. The molecule has 0 aromatic carbocycles. The Balaban J connectivity index is 2.19. The van der Waals surface area contributed by atoms with Gasteiger partial charge in [-0.05, 0) is 74.3 Å². The molecule has 0 aromatic rings. The van der Waals surface area contributed by atoms with Gasteiger partial charge in [-0.15, -0.1) is 0 Å². The fourth-order valence-corrected chi connectivity index (χ4v) is 3.07. The molecule has 142 valence electrons. The van der Waals surface area contributed by atoms with Gasteiger partial charge in [-0.2, -0.15) is 0 Å². The van der Waals surface area contributed by atoms with Crippen LogP contribution in [0.25, 0.3) is 0 Å². The summed E-state index contributed by atoms with van der Waals surface area (Å²) in [6.45, 7) is 15.4. The van der Waals surface area contributed by atoms with Gasteiger partial charge in [0, 0.05) is 6.54 Å². The van der Waals surface area contributed by atoms with Crippen molar-refractivity contribution in [2.75, 3.05) is 6.54 Å². The Hall–Kier alpha value is -1.08. The molecule has 0 spiro atoms. The number of halogens is 1. The van der Waals surface area contributed by atoms with Gasteiger partial charge in [0.2, 0.25) is 0 Å². The van der Waals surface area contributed by atoms with Crippen LogP contribution in [0.2, 0.25) is 0 Å². The second-order valence-corrected chi connectivity index (χ2v) is 9.21. The Morgan fingerprint density at radius 1 is 1.16 bits per heavy atom. The number of nitrogens with zero attached hydrogens (tertiary/aromatic N) is 1. The summed E-state index contributed by atoms with van der Waals surface area (Å²) in [5, 5.41) is 0. The maximum absolute atomic E-state index is 14.9. The van der Waals surface area contributed by atoms with Crippen molar-refractivity contribution in [3.8, 4) is 0 Å². The molecular formula is C18H31BFNO4. The molecule has 0 aliphatic carbocycles. The molecule has 7 heteroatoms. The number of carbonyl (C=O) groups excluding carboxylic acids is 1. The molecule has 25 heavy (non-hydrogen) atoms. The van der Waals surface area contributed by atoms with Gasteiger partial charge in [-0.3, -0.25) is 4.90 Å². The van der Waals surface area contributed by atoms with Gasteiger partial charge < -0.3 is 14.0 Å². The van der Waals surface area contributed by atoms with Crippen molar-refractivity contribution < 1.29 is 23.2 Å². The third-order valence-electron chi connectivity index (χ3n) is 5.22. The largest absolute Gasteiger partial charge is 0.524 e. The molecule has 2 saturated heterocycles. The lowest BCUT2D eigenvalue weighted by Gasteiger charge is -2.34. The fourth-order valence-electron chi connectivity index (χ4n) is 3.07. The standard InChI is InChI=1S/C18H31BFNO4/c1-15(2,3)23-14(22)21-11-9-10-18(21,8)12-13(20)19-24-16(4,5)17(6,7)25-19/h12H,9-11H2,1-8H3. The minimum Gasteiger partial charge on any atom is -0.444 e. The second-order valence-electron chi connectivity index (χ2n) is 9.21. The first-order valence-electron chi connectivity index (χ1n) is 8.91. The average Bonchev–Trinajstić information content (AvgIpc) is 2.85. The van der Waals surface area contributed by atoms with Crippen molar-refractivity contribution in [3.05, 3.63) is 11.8 Å². The summed E-state index contributed by atoms with van der Waals surface area (Å²) in [6, 6.07) is 0. The maximum Gasteiger partial charge on any atom is 0.524 e. The molecule has 5 nitrogen and oxygen atoms in total. The first kappa shape index (κ1) is 20.2. The third-order valence-corrected chi connectivity index (χ3v) is 5.22. The van der Waals surface area contributed by atoms with Crippen LogP contribution in [0.3, 0.4) is 0 Å². The molecule has 0 saturated carbocycles. The van der Waals surface area contributed by atoms with E-state index in [1.54, 1.807) is 4.90 Å². The van der Waals surface area contributed by atoms with Crippen molar-refractivity contribution in [2.45, 2.75) is 90.6 Å². The highest BCUT2D eigenvalue weighted by Crippen LogP contribution is 2.40. The van der Waals surface area contributed by atoms with E-state index in [1.165, 1.54) is 6.08 Å². The first-order chi connectivity index (χ1) is 11.2. The van der Waals surface area contributed by atoms with E-state index in [2.05, 4.69) is 0 Å². The van der Waals surface area contributed by atoms with Crippen LogP contribution in [-0.4, -0.2) is 47.0 Å². The molecule has 2 aliphatic heterocycles. The van der Waals surface area contributed by atoms with Crippen LogP contribution in [0.1, 0.15) is 68.2 Å². The zero-order valence-corrected chi connectivity index (χ0v) is 16.7. The summed E-state index contributed by atoms with van der Waals surface area (Å²) in [5.74, 6) is 0. The van der Waals surface area contributed by atoms with E-state index in [9.17, 15) is 9.18 Å². The number of ether oxygens (including phenoxy) is 1. The topological polar surface area (TPSA) is 48.0 Å². The van der Waals surface area contributed by atoms with Crippen molar-refractivity contribution >= 4 is 13.2 Å². The Labute approximate surface area is 151 Å². The molecule has 2 heterocycles. The number of carbonyl (C=O) groups is 1. The monoisotopic (exact) mass is 355 g/mol. The molecule has 1 atom stereocenters. The van der Waals surface area contributed by atoms with E-state index < -0.39 is 41.3 Å². The zero-order valence-electron chi connectivity index (χ0n) is 16.7. The minimum atomic E-state index is -1.05. The lowest BCUT2D eigenvalue weighted by Crippen LogP contribution is -2.46. The molecule has 0 N–H and O–H groups in total. The van der Waals surface area contributed by atoms with E-state index >= 15 is 0 Å². The van der Waals surface area contributed by atoms with Gasteiger partial charge >= 0.3 is 13.2 Å². The molecule has 0 aromatic heterocycles. The summed E-state index contributed by atoms with van der Waals surface area (Å²) in [7, 11) is -1.05. The van der Waals surface area contributed by atoms with Crippen molar-refractivity contribution in [3.63, 3.8) is 0 Å². The average molecular weight is 355 g/mol.